The van der Waals surface area contributed by atoms with Gasteiger partial charge < -0.3 is 9.64 Å². The van der Waals surface area contributed by atoms with Gasteiger partial charge in [-0.3, -0.25) is 14.9 Å². The highest BCUT2D eigenvalue weighted by atomic mass is 79.9. The predicted octanol–water partition coefficient (Wildman–Crippen LogP) is 2.85. The number of alkyl halides is 1. The minimum Gasteiger partial charge on any atom is -0.496 e. The fourth-order valence-corrected chi connectivity index (χ4v) is 2.81. The predicted molar refractivity (Wildman–Crippen MR) is 82.0 cm³/mol. The van der Waals surface area contributed by atoms with E-state index in [2.05, 4.69) is 22.9 Å². The number of hydrogen-bond acceptors (Lipinski definition) is 4. The molecule has 7 heteroatoms. The highest BCUT2D eigenvalue weighted by Crippen LogP contribution is 2.29. The Hall–Kier alpha value is -1.63. The van der Waals surface area contributed by atoms with Gasteiger partial charge in [-0.15, -0.1) is 0 Å². The molecule has 0 N–H and O–H groups in total. The monoisotopic (exact) mass is 356 g/mol. The number of non-ortho nitro benzene ring substituents is 1. The molecule has 1 heterocycles. The Morgan fingerprint density at radius 3 is 2.81 bits per heavy atom. The molecule has 2 unspecified atom stereocenters. The standard InChI is InChI=1S/C14H17BrN2O4/c1-9-8-16(6-5-12(9)15)14(18)11-4-3-10(17(19)20)7-13(11)21-2/h3-4,7,9,12H,5-6,8H2,1-2H3. The SMILES string of the molecule is COc1cc([N+](=O)[O-])ccc1C(=O)N1CCC(Br)C(C)C1. The van der Waals surface area contributed by atoms with Crippen LogP contribution in [0.4, 0.5) is 5.69 Å². The molecule has 1 fully saturated rings. The molecule has 2 atom stereocenters. The van der Waals surface area contributed by atoms with Crippen LogP contribution in [0.5, 0.6) is 5.75 Å². The number of carbonyl (C=O) groups excluding carboxylic acids is 1. The average Bonchev–Trinajstić information content (AvgIpc) is 2.48. The van der Waals surface area contributed by atoms with Crippen molar-refractivity contribution in [3.63, 3.8) is 0 Å². The molecule has 1 aromatic rings. The van der Waals surface area contributed by atoms with Crippen LogP contribution in [-0.4, -0.2) is 40.8 Å². The lowest BCUT2D eigenvalue weighted by molar-refractivity contribution is -0.384. The van der Waals surface area contributed by atoms with Crippen LogP contribution in [0.15, 0.2) is 18.2 Å². The zero-order chi connectivity index (χ0) is 15.6. The summed E-state index contributed by atoms with van der Waals surface area (Å²) in [5.41, 5.74) is 0.277. The van der Waals surface area contributed by atoms with Gasteiger partial charge >= 0.3 is 0 Å². The molecule has 0 aromatic heterocycles. The van der Waals surface area contributed by atoms with E-state index in [1.807, 2.05) is 0 Å². The van der Waals surface area contributed by atoms with E-state index in [-0.39, 0.29) is 17.3 Å². The molecule has 6 nitrogen and oxygen atoms in total. The number of hydrogen-bond donors (Lipinski definition) is 0. The van der Waals surface area contributed by atoms with Crippen molar-refractivity contribution in [1.82, 2.24) is 4.90 Å². The number of likely N-dealkylation sites (tertiary alicyclic amines) is 1. The first-order chi connectivity index (χ1) is 9.93. The molecule has 1 amide bonds. The van der Waals surface area contributed by atoms with Gasteiger partial charge in [0, 0.05) is 24.0 Å². The van der Waals surface area contributed by atoms with Crippen LogP contribution in [0.25, 0.3) is 0 Å². The summed E-state index contributed by atoms with van der Waals surface area (Å²) in [7, 11) is 1.41. The largest absolute Gasteiger partial charge is 0.496 e. The highest BCUT2D eigenvalue weighted by Gasteiger charge is 2.29. The number of nitro benzene ring substituents is 1. The van der Waals surface area contributed by atoms with Crippen LogP contribution >= 0.6 is 15.9 Å². The van der Waals surface area contributed by atoms with Gasteiger partial charge in [0.25, 0.3) is 11.6 Å². The van der Waals surface area contributed by atoms with Crippen molar-refractivity contribution in [3.05, 3.63) is 33.9 Å². The summed E-state index contributed by atoms with van der Waals surface area (Å²) in [6.07, 6.45) is 0.891. The van der Waals surface area contributed by atoms with Crippen molar-refractivity contribution >= 4 is 27.5 Å². The van der Waals surface area contributed by atoms with E-state index in [1.54, 1.807) is 4.90 Å². The van der Waals surface area contributed by atoms with E-state index >= 15 is 0 Å². The fourth-order valence-electron chi connectivity index (χ4n) is 2.44. The maximum atomic E-state index is 12.6. The van der Waals surface area contributed by atoms with Crippen molar-refractivity contribution in [3.8, 4) is 5.75 Å². The number of nitro groups is 1. The Morgan fingerprint density at radius 1 is 1.52 bits per heavy atom. The Kier molecular flexibility index (Phi) is 4.82. The first-order valence-corrected chi connectivity index (χ1v) is 7.61. The zero-order valence-corrected chi connectivity index (χ0v) is 13.5. The first-order valence-electron chi connectivity index (χ1n) is 6.69. The normalized spacial score (nSPS) is 22.0. The molecule has 1 aliphatic heterocycles. The summed E-state index contributed by atoms with van der Waals surface area (Å²) in [6.45, 7) is 3.42. The molecule has 114 valence electrons. The number of nitrogens with zero attached hydrogens (tertiary/aromatic N) is 2. The molecule has 1 saturated heterocycles. The lowest BCUT2D eigenvalue weighted by atomic mass is 9.99. The Bertz CT molecular complexity index is 564. The Labute approximate surface area is 131 Å². The number of halogens is 1. The molecule has 0 saturated carbocycles. The highest BCUT2D eigenvalue weighted by molar-refractivity contribution is 9.09. The van der Waals surface area contributed by atoms with Crippen LogP contribution in [-0.2, 0) is 0 Å². The smallest absolute Gasteiger partial charge is 0.273 e. The quantitative estimate of drug-likeness (QED) is 0.474. The summed E-state index contributed by atoms with van der Waals surface area (Å²) in [5, 5.41) is 10.8. The van der Waals surface area contributed by atoms with E-state index in [0.717, 1.165) is 6.42 Å². The van der Waals surface area contributed by atoms with Crippen molar-refractivity contribution in [2.45, 2.75) is 18.2 Å². The van der Waals surface area contributed by atoms with E-state index < -0.39 is 4.92 Å². The molecule has 0 spiro atoms. The summed E-state index contributed by atoms with van der Waals surface area (Å²) < 4.78 is 5.13. The minimum absolute atomic E-state index is 0.0871. The van der Waals surface area contributed by atoms with Crippen LogP contribution < -0.4 is 4.74 Å². The van der Waals surface area contributed by atoms with Crippen LogP contribution in [0, 0.1) is 16.0 Å². The van der Waals surface area contributed by atoms with Gasteiger partial charge in [0.05, 0.1) is 23.7 Å². The lowest BCUT2D eigenvalue weighted by Gasteiger charge is -2.34. The molecular weight excluding hydrogens is 340 g/mol. The first kappa shape index (κ1) is 15.8. The van der Waals surface area contributed by atoms with E-state index in [4.69, 9.17) is 4.74 Å². The number of carbonyl (C=O) groups is 1. The third-order valence-corrected chi connectivity index (χ3v) is 5.07. The van der Waals surface area contributed by atoms with Gasteiger partial charge in [0.2, 0.25) is 0 Å². The van der Waals surface area contributed by atoms with Gasteiger partial charge in [0.1, 0.15) is 5.75 Å². The van der Waals surface area contributed by atoms with Crippen molar-refractivity contribution in [1.29, 1.82) is 0 Å². The molecule has 0 bridgehead atoms. The fraction of sp³-hybridized carbons (Fsp3) is 0.500. The van der Waals surface area contributed by atoms with E-state index in [9.17, 15) is 14.9 Å². The molecule has 2 rings (SSSR count). The number of ether oxygens (including phenoxy) is 1. The van der Waals surface area contributed by atoms with Gasteiger partial charge in [0.15, 0.2) is 0 Å². The third-order valence-electron chi connectivity index (χ3n) is 3.71. The average molecular weight is 357 g/mol. The molecule has 21 heavy (non-hydrogen) atoms. The minimum atomic E-state index is -0.505. The molecular formula is C14H17BrN2O4. The van der Waals surface area contributed by atoms with Crippen molar-refractivity contribution in [2.75, 3.05) is 20.2 Å². The van der Waals surface area contributed by atoms with Crippen LogP contribution in [0.2, 0.25) is 0 Å². The maximum absolute atomic E-state index is 12.6. The second kappa shape index (κ2) is 6.43. The number of benzene rings is 1. The molecule has 1 aliphatic rings. The molecule has 0 radical (unpaired) electrons. The summed E-state index contributed by atoms with van der Waals surface area (Å²) in [5.74, 6) is 0.461. The number of methoxy groups -OCH3 is 1. The van der Waals surface area contributed by atoms with E-state index in [1.165, 1.54) is 25.3 Å². The number of rotatable bonds is 3. The van der Waals surface area contributed by atoms with Gasteiger partial charge in [-0.2, -0.15) is 0 Å². The third kappa shape index (κ3) is 3.34. The van der Waals surface area contributed by atoms with Gasteiger partial charge in [-0.05, 0) is 18.4 Å². The van der Waals surface area contributed by atoms with Crippen molar-refractivity contribution in [2.24, 2.45) is 5.92 Å². The van der Waals surface area contributed by atoms with Gasteiger partial charge in [-0.1, -0.05) is 22.9 Å². The maximum Gasteiger partial charge on any atom is 0.273 e. The Morgan fingerprint density at radius 2 is 2.24 bits per heavy atom. The molecule has 1 aromatic carbocycles. The topological polar surface area (TPSA) is 72.7 Å². The summed E-state index contributed by atoms with van der Waals surface area (Å²) in [6, 6.07) is 4.08. The number of piperidine rings is 1. The summed E-state index contributed by atoms with van der Waals surface area (Å²) in [4.78, 5) is 25.0. The summed E-state index contributed by atoms with van der Waals surface area (Å²) >= 11 is 3.60. The van der Waals surface area contributed by atoms with Crippen molar-refractivity contribution < 1.29 is 14.5 Å². The van der Waals surface area contributed by atoms with Crippen LogP contribution in [0.3, 0.4) is 0 Å². The van der Waals surface area contributed by atoms with Crippen LogP contribution in [0.1, 0.15) is 23.7 Å². The lowest BCUT2D eigenvalue weighted by Crippen LogP contribution is -2.43. The zero-order valence-electron chi connectivity index (χ0n) is 11.9. The van der Waals surface area contributed by atoms with E-state index in [0.29, 0.717) is 29.4 Å². The Balaban J connectivity index is 2.25. The second-order valence-electron chi connectivity index (χ2n) is 5.17. The molecule has 0 aliphatic carbocycles. The van der Waals surface area contributed by atoms with Gasteiger partial charge in [-0.25, -0.2) is 0 Å². The second-order valence-corrected chi connectivity index (χ2v) is 6.35. The number of amides is 1.